The fourth-order valence-corrected chi connectivity index (χ4v) is 3.36. The number of nitrogens with one attached hydrogen (secondary N) is 4. The van der Waals surface area contributed by atoms with Gasteiger partial charge in [0.1, 0.15) is 6.61 Å². The van der Waals surface area contributed by atoms with E-state index in [0.29, 0.717) is 22.3 Å². The van der Waals surface area contributed by atoms with Gasteiger partial charge < -0.3 is 25.9 Å². The summed E-state index contributed by atoms with van der Waals surface area (Å²) in [5.41, 5.74) is 14.1. The first kappa shape index (κ1) is 22.6. The number of nitrogens with zero attached hydrogens (tertiary/aromatic N) is 1. The van der Waals surface area contributed by atoms with Crippen molar-refractivity contribution >= 4 is 34.7 Å². The van der Waals surface area contributed by atoms with E-state index >= 15 is 0 Å². The second-order valence-electron chi connectivity index (χ2n) is 7.51. The van der Waals surface area contributed by atoms with Crippen molar-refractivity contribution < 1.29 is 19.4 Å². The van der Waals surface area contributed by atoms with E-state index in [1.54, 1.807) is 48.5 Å². The third kappa shape index (κ3) is 5.61. The van der Waals surface area contributed by atoms with Crippen molar-refractivity contribution in [3.8, 4) is 0 Å². The monoisotopic (exact) mass is 460 g/mol. The minimum Gasteiger partial charge on any atom is -0.445 e. The Hall–Kier alpha value is -4.57. The van der Waals surface area contributed by atoms with Crippen LogP contribution in [0.15, 0.2) is 78.9 Å². The van der Waals surface area contributed by atoms with Crippen LogP contribution in [0.1, 0.15) is 17.2 Å². The number of ether oxygens (including phenoxy) is 1. The van der Waals surface area contributed by atoms with E-state index in [1.165, 1.54) is 0 Å². The van der Waals surface area contributed by atoms with Crippen molar-refractivity contribution in [2.24, 2.45) is 0 Å². The van der Waals surface area contributed by atoms with Gasteiger partial charge in [-0.25, -0.2) is 9.78 Å². The Bertz CT molecular complexity index is 1260. The summed E-state index contributed by atoms with van der Waals surface area (Å²) in [5, 5.41) is 13.3. The molecule has 0 aliphatic heterocycles. The molecule has 0 aliphatic rings. The molecule has 0 radical (unpaired) electrons. The summed E-state index contributed by atoms with van der Waals surface area (Å²) in [6.45, 7) is 0.0542. The number of aromatic amines is 1. The van der Waals surface area contributed by atoms with E-state index in [2.05, 4.69) is 26.1 Å². The molecule has 10 nitrogen and oxygen atoms in total. The lowest BCUT2D eigenvalue weighted by atomic mass is 10.0. The lowest BCUT2D eigenvalue weighted by Crippen LogP contribution is -2.46. The number of aliphatic hydroxyl groups is 1. The molecular weight excluding hydrogens is 436 g/mol. The standard InChI is InChI=1S/C24H24N6O4/c25-23-26-18-12-11-17(13-19(18)27-23)29-30-22(32)21(31)20(16-9-5-2-6-10-16)28-24(33)34-14-15-7-3-1-4-8-15/h1-13,20-21,29,31H,14H2,(H,28,33)(H,30,32)(H3,25,26,27). The summed E-state index contributed by atoms with van der Waals surface area (Å²) in [4.78, 5) is 32.1. The van der Waals surface area contributed by atoms with Crippen LogP contribution in [0.2, 0.25) is 0 Å². The fourth-order valence-electron chi connectivity index (χ4n) is 3.36. The summed E-state index contributed by atoms with van der Waals surface area (Å²) in [6.07, 6.45) is -2.37. The Morgan fingerprint density at radius 3 is 2.47 bits per heavy atom. The van der Waals surface area contributed by atoms with Crippen molar-refractivity contribution in [3.05, 3.63) is 90.0 Å². The van der Waals surface area contributed by atoms with Gasteiger partial charge in [0.2, 0.25) is 0 Å². The molecule has 0 bridgehead atoms. The molecule has 2 atom stereocenters. The van der Waals surface area contributed by atoms with E-state index < -0.39 is 24.1 Å². The summed E-state index contributed by atoms with van der Waals surface area (Å²) in [5.74, 6) is -0.469. The largest absolute Gasteiger partial charge is 0.445 e. The number of nitrogen functional groups attached to an aromatic ring is 1. The van der Waals surface area contributed by atoms with E-state index in [9.17, 15) is 14.7 Å². The number of H-pyrrole nitrogens is 1. The molecule has 1 aromatic heterocycles. The number of fused-ring (bicyclic) bond motifs is 1. The number of benzene rings is 3. The van der Waals surface area contributed by atoms with Crippen molar-refractivity contribution in [3.63, 3.8) is 0 Å². The number of hydrazine groups is 1. The van der Waals surface area contributed by atoms with E-state index in [-0.39, 0.29) is 12.6 Å². The van der Waals surface area contributed by atoms with Gasteiger partial charge in [0.05, 0.1) is 22.8 Å². The van der Waals surface area contributed by atoms with E-state index in [4.69, 9.17) is 10.5 Å². The van der Waals surface area contributed by atoms with Crippen LogP contribution in [0.3, 0.4) is 0 Å². The van der Waals surface area contributed by atoms with Gasteiger partial charge in [-0.2, -0.15) is 0 Å². The minimum atomic E-state index is -1.61. The molecule has 1 heterocycles. The molecule has 4 aromatic rings. The van der Waals surface area contributed by atoms with Gasteiger partial charge in [0, 0.05) is 0 Å². The molecule has 4 rings (SSSR count). The van der Waals surface area contributed by atoms with Crippen molar-refractivity contribution in [1.29, 1.82) is 0 Å². The van der Waals surface area contributed by atoms with Crippen molar-refractivity contribution in [2.45, 2.75) is 18.8 Å². The van der Waals surface area contributed by atoms with Crippen LogP contribution in [0.5, 0.6) is 0 Å². The zero-order valence-corrected chi connectivity index (χ0v) is 18.1. The molecule has 7 N–H and O–H groups in total. The second kappa shape index (κ2) is 10.4. The smallest absolute Gasteiger partial charge is 0.408 e. The lowest BCUT2D eigenvalue weighted by Gasteiger charge is -2.24. The average Bonchev–Trinajstić information content (AvgIpc) is 3.24. The maximum atomic E-state index is 12.7. The molecule has 2 amide bonds. The predicted molar refractivity (Wildman–Crippen MR) is 127 cm³/mol. The number of carbonyl (C=O) groups excluding carboxylic acids is 2. The molecule has 0 fully saturated rings. The summed E-state index contributed by atoms with van der Waals surface area (Å²) in [7, 11) is 0. The minimum absolute atomic E-state index is 0.0542. The Kier molecular flexibility index (Phi) is 6.89. The first-order valence-electron chi connectivity index (χ1n) is 10.5. The van der Waals surface area contributed by atoms with Gasteiger partial charge in [-0.05, 0) is 29.3 Å². The van der Waals surface area contributed by atoms with Crippen LogP contribution < -0.4 is 21.9 Å². The number of alkyl carbamates (subject to hydrolysis) is 1. The molecule has 10 heteroatoms. The maximum Gasteiger partial charge on any atom is 0.408 e. The fraction of sp³-hybridized carbons (Fsp3) is 0.125. The lowest BCUT2D eigenvalue weighted by molar-refractivity contribution is -0.130. The predicted octanol–water partition coefficient (Wildman–Crippen LogP) is 2.62. The zero-order valence-electron chi connectivity index (χ0n) is 18.1. The molecule has 3 aromatic carbocycles. The normalized spacial score (nSPS) is 12.5. The van der Waals surface area contributed by atoms with E-state index in [1.807, 2.05) is 30.3 Å². The third-order valence-corrected chi connectivity index (χ3v) is 5.06. The van der Waals surface area contributed by atoms with Gasteiger partial charge in [-0.3, -0.25) is 15.6 Å². The highest BCUT2D eigenvalue weighted by Gasteiger charge is 2.29. The van der Waals surface area contributed by atoms with Crippen LogP contribution in [-0.4, -0.2) is 33.2 Å². The van der Waals surface area contributed by atoms with Crippen LogP contribution in [0.25, 0.3) is 11.0 Å². The first-order valence-corrected chi connectivity index (χ1v) is 10.5. The molecule has 2 unspecified atom stereocenters. The topological polar surface area (TPSA) is 154 Å². The quantitative estimate of drug-likeness (QED) is 0.221. The summed E-state index contributed by atoms with van der Waals surface area (Å²) in [6, 6.07) is 21.9. The highest BCUT2D eigenvalue weighted by molar-refractivity contribution is 5.85. The Morgan fingerprint density at radius 2 is 1.74 bits per heavy atom. The maximum absolute atomic E-state index is 12.7. The average molecular weight is 460 g/mol. The molecule has 0 spiro atoms. The van der Waals surface area contributed by atoms with Gasteiger partial charge in [0.25, 0.3) is 5.91 Å². The number of hydrogen-bond acceptors (Lipinski definition) is 7. The van der Waals surface area contributed by atoms with Gasteiger partial charge >= 0.3 is 6.09 Å². The molecular formula is C24H24N6O4. The van der Waals surface area contributed by atoms with Crippen LogP contribution >= 0.6 is 0 Å². The number of carbonyl (C=O) groups is 2. The van der Waals surface area contributed by atoms with Gasteiger partial charge in [-0.15, -0.1) is 0 Å². The molecule has 0 aliphatic carbocycles. The number of hydrogen-bond donors (Lipinski definition) is 6. The highest BCUT2D eigenvalue weighted by Crippen LogP contribution is 2.19. The Labute approximate surface area is 195 Å². The van der Waals surface area contributed by atoms with Crippen LogP contribution in [0.4, 0.5) is 16.4 Å². The number of imidazole rings is 1. The molecule has 174 valence electrons. The van der Waals surface area contributed by atoms with Crippen LogP contribution in [0, 0.1) is 0 Å². The Balaban J connectivity index is 1.41. The molecule has 0 saturated heterocycles. The number of nitrogens with two attached hydrogens (primary N) is 1. The van der Waals surface area contributed by atoms with E-state index in [0.717, 1.165) is 5.56 Å². The summed E-state index contributed by atoms with van der Waals surface area (Å²) >= 11 is 0. The highest BCUT2D eigenvalue weighted by atomic mass is 16.5. The van der Waals surface area contributed by atoms with Crippen LogP contribution in [-0.2, 0) is 16.1 Å². The summed E-state index contributed by atoms with van der Waals surface area (Å²) < 4.78 is 5.25. The number of rotatable bonds is 8. The third-order valence-electron chi connectivity index (χ3n) is 5.06. The van der Waals surface area contributed by atoms with Crippen molar-refractivity contribution in [2.75, 3.05) is 11.2 Å². The number of anilines is 2. The zero-order chi connectivity index (χ0) is 23.9. The number of aliphatic hydroxyl groups excluding tert-OH is 1. The molecule has 0 saturated carbocycles. The van der Waals surface area contributed by atoms with Gasteiger partial charge in [0.15, 0.2) is 12.1 Å². The first-order chi connectivity index (χ1) is 16.5. The van der Waals surface area contributed by atoms with Crippen molar-refractivity contribution in [1.82, 2.24) is 20.7 Å². The number of amides is 2. The number of aromatic nitrogens is 2. The second-order valence-corrected chi connectivity index (χ2v) is 7.51. The SMILES string of the molecule is Nc1nc2ccc(NNC(=O)C(O)C(NC(=O)OCc3ccccc3)c3ccccc3)cc2[nH]1. The molecule has 34 heavy (non-hydrogen) atoms. The van der Waals surface area contributed by atoms with Gasteiger partial charge in [-0.1, -0.05) is 60.7 Å². The Morgan fingerprint density at radius 1 is 1.03 bits per heavy atom.